The van der Waals surface area contributed by atoms with E-state index >= 15 is 0 Å². The zero-order valence-electron chi connectivity index (χ0n) is 18.9. The molecule has 7 heteroatoms. The Morgan fingerprint density at radius 2 is 1.88 bits per heavy atom. The summed E-state index contributed by atoms with van der Waals surface area (Å²) in [6.45, 7) is 7.54. The highest BCUT2D eigenvalue weighted by Crippen LogP contribution is 2.29. The van der Waals surface area contributed by atoms with Gasteiger partial charge in [0.1, 0.15) is 11.4 Å². The first-order valence-electron chi connectivity index (χ1n) is 11.5. The molecule has 0 unspecified atom stereocenters. The maximum Gasteiger partial charge on any atom is 0.309 e. The number of ether oxygens (including phenoxy) is 2. The molecule has 7 nitrogen and oxygen atoms in total. The minimum absolute atomic E-state index is 0.000774. The van der Waals surface area contributed by atoms with Crippen LogP contribution < -0.4 is 10.5 Å². The maximum absolute atomic E-state index is 12.1. The zero-order valence-corrected chi connectivity index (χ0v) is 18.9. The van der Waals surface area contributed by atoms with Crippen molar-refractivity contribution in [3.8, 4) is 17.0 Å². The molecule has 0 atom stereocenters. The van der Waals surface area contributed by atoms with Gasteiger partial charge >= 0.3 is 5.97 Å². The number of likely N-dealkylation sites (tertiary alicyclic amines) is 1. The van der Waals surface area contributed by atoms with Gasteiger partial charge in [-0.15, -0.1) is 0 Å². The van der Waals surface area contributed by atoms with Gasteiger partial charge in [0.2, 0.25) is 0 Å². The molecule has 32 heavy (non-hydrogen) atoms. The number of hydrogen-bond acceptors (Lipinski definition) is 6. The number of piperidine rings is 1. The molecular weight excluding hydrogens is 404 g/mol. The van der Waals surface area contributed by atoms with E-state index in [1.165, 1.54) is 0 Å². The van der Waals surface area contributed by atoms with Crippen LogP contribution in [-0.2, 0) is 16.1 Å². The first-order chi connectivity index (χ1) is 15.6. The van der Waals surface area contributed by atoms with Gasteiger partial charge in [0, 0.05) is 24.0 Å². The monoisotopic (exact) mass is 436 g/mol. The number of fused-ring (bicyclic) bond motifs is 1. The number of aromatic nitrogens is 2. The maximum atomic E-state index is 12.1. The number of pyridine rings is 1. The molecule has 0 radical (unpaired) electrons. The Kier molecular flexibility index (Phi) is 6.95. The highest BCUT2D eigenvalue weighted by molar-refractivity contribution is 5.72. The highest BCUT2D eigenvalue weighted by Gasteiger charge is 2.27. The van der Waals surface area contributed by atoms with Gasteiger partial charge in [-0.05, 0) is 75.7 Å². The molecule has 3 aromatic rings. The molecule has 0 bridgehead atoms. The predicted octanol–water partition coefficient (Wildman–Crippen LogP) is 4.15. The molecule has 0 aliphatic carbocycles. The molecule has 0 saturated carbocycles. The number of carbonyl (C=O) groups excluding carboxylic acids is 1. The first kappa shape index (κ1) is 22.1. The molecule has 2 N–H and O–H groups in total. The number of nitrogens with zero attached hydrogens (tertiary/aromatic N) is 3. The Balaban J connectivity index is 1.58. The van der Waals surface area contributed by atoms with Crippen molar-refractivity contribution < 1.29 is 14.3 Å². The first-order valence-corrected chi connectivity index (χ1v) is 11.5. The van der Waals surface area contributed by atoms with E-state index in [0.717, 1.165) is 67.2 Å². The van der Waals surface area contributed by atoms with Gasteiger partial charge in [-0.25, -0.2) is 4.98 Å². The van der Waals surface area contributed by atoms with E-state index in [9.17, 15) is 4.79 Å². The molecule has 1 aliphatic rings. The third kappa shape index (κ3) is 4.88. The number of nitrogen functional groups attached to an aromatic ring is 1. The van der Waals surface area contributed by atoms with Crippen LogP contribution in [0.2, 0.25) is 0 Å². The minimum Gasteiger partial charge on any atom is -0.494 e. The van der Waals surface area contributed by atoms with Gasteiger partial charge in [0.05, 0.1) is 30.5 Å². The molecule has 0 amide bonds. The average Bonchev–Trinajstić information content (AvgIpc) is 3.16. The Bertz CT molecular complexity index is 1050. The van der Waals surface area contributed by atoms with Crippen LogP contribution in [0.1, 0.15) is 38.8 Å². The van der Waals surface area contributed by atoms with E-state index in [1.807, 2.05) is 37.4 Å². The molecule has 2 aromatic heterocycles. The normalized spacial score (nSPS) is 15.2. The molecule has 4 rings (SSSR count). The molecule has 1 aromatic carbocycles. The molecular formula is C25H32N4O3. The third-order valence-corrected chi connectivity index (χ3v) is 5.92. The van der Waals surface area contributed by atoms with Crippen molar-refractivity contribution in [2.75, 3.05) is 32.0 Å². The van der Waals surface area contributed by atoms with Crippen molar-refractivity contribution in [2.24, 2.45) is 5.92 Å². The highest BCUT2D eigenvalue weighted by atomic mass is 16.5. The lowest BCUT2D eigenvalue weighted by atomic mass is 9.96. The Morgan fingerprint density at radius 1 is 1.12 bits per heavy atom. The summed E-state index contributed by atoms with van der Waals surface area (Å²) in [6.07, 6.45) is 4.55. The number of anilines is 1. The van der Waals surface area contributed by atoms with Crippen molar-refractivity contribution >= 4 is 17.3 Å². The molecule has 1 saturated heterocycles. The number of imidazole rings is 1. The summed E-state index contributed by atoms with van der Waals surface area (Å²) in [4.78, 5) is 19.4. The third-order valence-electron chi connectivity index (χ3n) is 5.92. The quantitative estimate of drug-likeness (QED) is 0.534. The topological polar surface area (TPSA) is 82.1 Å². The lowest BCUT2D eigenvalue weighted by molar-refractivity contribution is -0.149. The lowest BCUT2D eigenvalue weighted by Gasteiger charge is -2.30. The fraction of sp³-hybridized carbons (Fsp3) is 0.440. The number of rotatable bonds is 8. The second-order valence-corrected chi connectivity index (χ2v) is 8.27. The van der Waals surface area contributed by atoms with Crippen LogP contribution in [0.3, 0.4) is 0 Å². The molecule has 170 valence electrons. The fourth-order valence-corrected chi connectivity index (χ4v) is 4.22. The van der Waals surface area contributed by atoms with Gasteiger partial charge < -0.3 is 19.6 Å². The van der Waals surface area contributed by atoms with Crippen LogP contribution in [-0.4, -0.2) is 46.6 Å². The van der Waals surface area contributed by atoms with Crippen molar-refractivity contribution in [2.45, 2.75) is 39.7 Å². The van der Waals surface area contributed by atoms with Gasteiger partial charge in [-0.2, -0.15) is 0 Å². The van der Waals surface area contributed by atoms with Crippen LogP contribution in [0.4, 0.5) is 5.69 Å². The average molecular weight is 437 g/mol. The van der Waals surface area contributed by atoms with Gasteiger partial charge in [0.25, 0.3) is 0 Å². The summed E-state index contributed by atoms with van der Waals surface area (Å²) in [6, 6.07) is 12.0. The van der Waals surface area contributed by atoms with Crippen molar-refractivity contribution in [1.82, 2.24) is 14.3 Å². The second kappa shape index (κ2) is 10.0. The number of hydrogen-bond donors (Lipinski definition) is 1. The molecule has 1 fully saturated rings. The summed E-state index contributed by atoms with van der Waals surface area (Å²) in [5.41, 5.74) is 10.8. The molecule has 0 spiro atoms. The van der Waals surface area contributed by atoms with Gasteiger partial charge in [0.15, 0.2) is 0 Å². The van der Waals surface area contributed by atoms with Crippen LogP contribution in [0.5, 0.6) is 5.75 Å². The lowest BCUT2D eigenvalue weighted by Crippen LogP contribution is -2.36. The summed E-state index contributed by atoms with van der Waals surface area (Å²) in [7, 11) is 0. The van der Waals surface area contributed by atoms with Crippen LogP contribution in [0.15, 0.2) is 42.6 Å². The molecule has 3 heterocycles. The van der Waals surface area contributed by atoms with E-state index < -0.39 is 0 Å². The van der Waals surface area contributed by atoms with Gasteiger partial charge in [-0.1, -0.05) is 6.92 Å². The Labute approximate surface area is 189 Å². The van der Waals surface area contributed by atoms with Crippen LogP contribution in [0, 0.1) is 5.92 Å². The number of benzene rings is 1. The van der Waals surface area contributed by atoms with Crippen molar-refractivity contribution in [1.29, 1.82) is 0 Å². The van der Waals surface area contributed by atoms with E-state index in [-0.39, 0.29) is 11.9 Å². The van der Waals surface area contributed by atoms with Crippen LogP contribution in [0.25, 0.3) is 16.9 Å². The molecule has 1 aliphatic heterocycles. The number of nitrogens with two attached hydrogens (primary N) is 1. The zero-order chi connectivity index (χ0) is 22.5. The Hall–Kier alpha value is -3.06. The number of carbonyl (C=O) groups is 1. The summed E-state index contributed by atoms with van der Waals surface area (Å²) in [5.74, 6) is 0.797. The Morgan fingerprint density at radius 3 is 2.56 bits per heavy atom. The van der Waals surface area contributed by atoms with E-state index in [4.69, 9.17) is 20.2 Å². The predicted molar refractivity (Wildman–Crippen MR) is 125 cm³/mol. The summed E-state index contributed by atoms with van der Waals surface area (Å²) in [5, 5.41) is 0. The second-order valence-electron chi connectivity index (χ2n) is 8.27. The summed E-state index contributed by atoms with van der Waals surface area (Å²) >= 11 is 0. The standard InChI is InChI=1S/C25H32N4O3/c1-3-15-32-21-8-5-18(6-9-21)24-22(29-16-20(26)7-10-23(29)27-24)17-28-13-11-19(12-14-28)25(30)31-4-2/h5-10,16,19H,3-4,11-15,17,26H2,1-2H3. The van der Waals surface area contributed by atoms with Crippen molar-refractivity contribution in [3.63, 3.8) is 0 Å². The number of esters is 1. The summed E-state index contributed by atoms with van der Waals surface area (Å²) < 4.78 is 13.0. The smallest absolute Gasteiger partial charge is 0.309 e. The van der Waals surface area contributed by atoms with E-state index in [1.54, 1.807) is 0 Å². The van der Waals surface area contributed by atoms with Crippen LogP contribution >= 0.6 is 0 Å². The van der Waals surface area contributed by atoms with Crippen molar-refractivity contribution in [3.05, 3.63) is 48.3 Å². The van der Waals surface area contributed by atoms with E-state index in [2.05, 4.69) is 28.4 Å². The largest absolute Gasteiger partial charge is 0.494 e. The van der Waals surface area contributed by atoms with Gasteiger partial charge in [-0.3, -0.25) is 9.69 Å². The van der Waals surface area contributed by atoms with E-state index in [0.29, 0.717) is 18.9 Å². The SMILES string of the molecule is CCCOc1ccc(-c2nc3ccc(N)cn3c2CN2CCC(C(=O)OCC)CC2)cc1. The minimum atomic E-state index is -0.0687. The fourth-order valence-electron chi connectivity index (χ4n) is 4.22.